The van der Waals surface area contributed by atoms with E-state index in [1.54, 1.807) is 18.2 Å². The van der Waals surface area contributed by atoms with Gasteiger partial charge in [0.25, 0.3) is 0 Å². The van der Waals surface area contributed by atoms with Crippen molar-refractivity contribution >= 4 is 28.8 Å². The van der Waals surface area contributed by atoms with Gasteiger partial charge in [0.2, 0.25) is 0 Å². The molecule has 0 saturated heterocycles. The third-order valence-electron chi connectivity index (χ3n) is 1.72. The fourth-order valence-corrected chi connectivity index (χ4v) is 1.17. The third kappa shape index (κ3) is 5.21. The smallest absolute Gasteiger partial charge is 0.411 e. The van der Waals surface area contributed by atoms with Gasteiger partial charge in [-0.1, -0.05) is 13.0 Å². The predicted molar refractivity (Wildman–Crippen MR) is 63.6 cm³/mol. The van der Waals surface area contributed by atoms with Crippen LogP contribution in [-0.4, -0.2) is 18.1 Å². The summed E-state index contributed by atoms with van der Waals surface area (Å²) in [5.74, 6) is 0.248. The van der Waals surface area contributed by atoms with Gasteiger partial charge in [0.15, 0.2) is 0 Å². The first-order valence-electron chi connectivity index (χ1n) is 5.03. The molecule has 0 aliphatic heterocycles. The summed E-state index contributed by atoms with van der Waals surface area (Å²) < 4.78 is 9.48. The standard InChI is InChI=1S/C11H12ClNO4/c1-2-6-16-11(15)13-8-4-3-5-9(7-8)17-10(12)14/h3-5,7H,2,6H2,1H3,(H,13,15). The third-order valence-corrected chi connectivity index (χ3v) is 1.79. The Balaban J connectivity index is 2.59. The quantitative estimate of drug-likeness (QED) is 0.840. The molecular formula is C11H12ClNO4. The van der Waals surface area contributed by atoms with Crippen LogP contribution in [0.3, 0.4) is 0 Å². The number of carbonyl (C=O) groups excluding carboxylic acids is 2. The molecule has 0 saturated carbocycles. The highest BCUT2D eigenvalue weighted by Crippen LogP contribution is 2.18. The number of hydrogen-bond acceptors (Lipinski definition) is 4. The van der Waals surface area contributed by atoms with Crippen molar-refractivity contribution in [2.24, 2.45) is 0 Å². The highest BCUT2D eigenvalue weighted by atomic mass is 35.5. The van der Waals surface area contributed by atoms with Crippen molar-refractivity contribution in [1.29, 1.82) is 0 Å². The molecule has 5 nitrogen and oxygen atoms in total. The number of benzene rings is 1. The minimum atomic E-state index is -0.935. The van der Waals surface area contributed by atoms with E-state index >= 15 is 0 Å². The van der Waals surface area contributed by atoms with Gasteiger partial charge in [-0.15, -0.1) is 0 Å². The molecular weight excluding hydrogens is 246 g/mol. The van der Waals surface area contributed by atoms with Crippen molar-refractivity contribution in [3.63, 3.8) is 0 Å². The first kappa shape index (κ1) is 13.3. The van der Waals surface area contributed by atoms with Crippen molar-refractivity contribution in [3.8, 4) is 5.75 Å². The zero-order valence-electron chi connectivity index (χ0n) is 9.23. The van der Waals surface area contributed by atoms with E-state index in [1.165, 1.54) is 6.07 Å². The molecule has 0 heterocycles. The zero-order chi connectivity index (χ0) is 12.7. The number of anilines is 1. The van der Waals surface area contributed by atoms with Crippen molar-refractivity contribution in [2.75, 3.05) is 11.9 Å². The lowest BCUT2D eigenvalue weighted by molar-refractivity contribution is 0.161. The molecule has 1 aromatic rings. The monoisotopic (exact) mass is 257 g/mol. The Morgan fingerprint density at radius 3 is 2.82 bits per heavy atom. The molecule has 0 bridgehead atoms. The van der Waals surface area contributed by atoms with E-state index in [4.69, 9.17) is 16.3 Å². The summed E-state index contributed by atoms with van der Waals surface area (Å²) in [4.78, 5) is 21.8. The summed E-state index contributed by atoms with van der Waals surface area (Å²) in [7, 11) is 0. The highest BCUT2D eigenvalue weighted by Gasteiger charge is 2.05. The molecule has 0 unspecified atom stereocenters. The van der Waals surface area contributed by atoms with Crippen molar-refractivity contribution in [2.45, 2.75) is 13.3 Å². The molecule has 0 fully saturated rings. The molecule has 6 heteroatoms. The van der Waals surface area contributed by atoms with Gasteiger partial charge in [0.05, 0.1) is 6.61 Å². The van der Waals surface area contributed by atoms with Crippen LogP contribution in [0.4, 0.5) is 15.3 Å². The average molecular weight is 258 g/mol. The maximum atomic E-state index is 11.2. The van der Waals surface area contributed by atoms with Crippen LogP contribution in [0.2, 0.25) is 0 Å². The lowest BCUT2D eigenvalue weighted by Crippen LogP contribution is -2.14. The van der Waals surface area contributed by atoms with Crippen LogP contribution in [0.15, 0.2) is 24.3 Å². The second-order valence-corrected chi connectivity index (χ2v) is 3.44. The second-order valence-electron chi connectivity index (χ2n) is 3.13. The van der Waals surface area contributed by atoms with E-state index in [1.807, 2.05) is 6.92 Å². The van der Waals surface area contributed by atoms with E-state index in [0.29, 0.717) is 12.3 Å². The van der Waals surface area contributed by atoms with Crippen LogP contribution < -0.4 is 10.1 Å². The number of amides is 1. The van der Waals surface area contributed by atoms with E-state index in [2.05, 4.69) is 10.1 Å². The van der Waals surface area contributed by atoms with Gasteiger partial charge in [0, 0.05) is 23.4 Å². The Labute approximate surface area is 104 Å². The Morgan fingerprint density at radius 1 is 1.41 bits per heavy atom. The Hall–Kier alpha value is -1.75. The van der Waals surface area contributed by atoms with Crippen molar-refractivity contribution in [3.05, 3.63) is 24.3 Å². The minimum absolute atomic E-state index is 0.248. The lowest BCUT2D eigenvalue weighted by atomic mass is 10.3. The van der Waals surface area contributed by atoms with Crippen LogP contribution in [0.1, 0.15) is 13.3 Å². The minimum Gasteiger partial charge on any atom is -0.449 e. The molecule has 0 spiro atoms. The van der Waals surface area contributed by atoms with Gasteiger partial charge >= 0.3 is 11.5 Å². The molecule has 0 aromatic heterocycles. The van der Waals surface area contributed by atoms with Gasteiger partial charge in [-0.3, -0.25) is 5.32 Å². The summed E-state index contributed by atoms with van der Waals surface area (Å²) in [6, 6.07) is 6.26. The van der Waals surface area contributed by atoms with Crippen LogP contribution in [0, 0.1) is 0 Å². The first-order valence-corrected chi connectivity index (χ1v) is 5.40. The molecule has 1 rings (SSSR count). The molecule has 0 atom stereocenters. The second kappa shape index (κ2) is 6.75. The summed E-state index contributed by atoms with van der Waals surface area (Å²) in [6.07, 6.45) is 0.193. The van der Waals surface area contributed by atoms with Gasteiger partial charge in [-0.2, -0.15) is 0 Å². The Kier molecular flexibility index (Phi) is 5.29. The molecule has 1 N–H and O–H groups in total. The van der Waals surface area contributed by atoms with Gasteiger partial charge in [-0.05, 0) is 18.6 Å². The van der Waals surface area contributed by atoms with Crippen LogP contribution in [-0.2, 0) is 4.74 Å². The van der Waals surface area contributed by atoms with E-state index in [0.717, 1.165) is 6.42 Å². The number of carbonyl (C=O) groups is 2. The molecule has 1 aromatic carbocycles. The average Bonchev–Trinajstić information content (AvgIpc) is 2.26. The summed E-state index contributed by atoms with van der Waals surface area (Å²) in [5.41, 5.74) is -0.475. The molecule has 1 amide bonds. The Morgan fingerprint density at radius 2 is 2.18 bits per heavy atom. The normalized spacial score (nSPS) is 9.53. The van der Waals surface area contributed by atoms with E-state index in [9.17, 15) is 9.59 Å². The van der Waals surface area contributed by atoms with E-state index < -0.39 is 11.5 Å². The summed E-state index contributed by atoms with van der Waals surface area (Å²) >= 11 is 5.07. The topological polar surface area (TPSA) is 64.6 Å². The molecule has 92 valence electrons. The molecule has 17 heavy (non-hydrogen) atoms. The number of ether oxygens (including phenoxy) is 2. The van der Waals surface area contributed by atoms with E-state index in [-0.39, 0.29) is 5.75 Å². The highest BCUT2D eigenvalue weighted by molar-refractivity contribution is 6.61. The van der Waals surface area contributed by atoms with Gasteiger partial charge in [0.1, 0.15) is 5.75 Å². The van der Waals surface area contributed by atoms with Crippen molar-refractivity contribution in [1.82, 2.24) is 0 Å². The fraction of sp³-hybridized carbons (Fsp3) is 0.273. The molecule has 0 aliphatic carbocycles. The maximum Gasteiger partial charge on any atom is 0.411 e. The summed E-state index contributed by atoms with van der Waals surface area (Å²) in [6.45, 7) is 2.25. The maximum absolute atomic E-state index is 11.2. The number of hydrogen-bond donors (Lipinski definition) is 1. The zero-order valence-corrected chi connectivity index (χ0v) is 9.99. The van der Waals surface area contributed by atoms with Crippen LogP contribution >= 0.6 is 11.6 Å². The van der Waals surface area contributed by atoms with Crippen LogP contribution in [0.5, 0.6) is 5.75 Å². The molecule has 0 aliphatic rings. The predicted octanol–water partition coefficient (Wildman–Crippen LogP) is 3.38. The van der Waals surface area contributed by atoms with Gasteiger partial charge in [-0.25, -0.2) is 9.59 Å². The largest absolute Gasteiger partial charge is 0.449 e. The lowest BCUT2D eigenvalue weighted by Gasteiger charge is -2.07. The number of rotatable bonds is 4. The van der Waals surface area contributed by atoms with Crippen molar-refractivity contribution < 1.29 is 19.1 Å². The summed E-state index contributed by atoms with van der Waals surface area (Å²) in [5, 5.41) is 2.49. The number of nitrogens with one attached hydrogen (secondary N) is 1. The Bertz CT molecular complexity index is 408. The SMILES string of the molecule is CCCOC(=O)Nc1cccc(OC(=O)Cl)c1. The fourth-order valence-electron chi connectivity index (χ4n) is 1.08. The number of halogens is 1. The van der Waals surface area contributed by atoms with Crippen LogP contribution in [0.25, 0.3) is 0 Å². The first-order chi connectivity index (χ1) is 8.11. The molecule has 0 radical (unpaired) electrons. The van der Waals surface area contributed by atoms with Gasteiger partial charge < -0.3 is 9.47 Å².